The van der Waals surface area contributed by atoms with Crippen LogP contribution >= 0.6 is 0 Å². The second-order valence-corrected chi connectivity index (χ2v) is 6.86. The van der Waals surface area contributed by atoms with E-state index in [2.05, 4.69) is 10.2 Å². The van der Waals surface area contributed by atoms with E-state index in [1.165, 1.54) is 0 Å². The number of aromatic nitrogens is 2. The molecule has 1 N–H and O–H groups in total. The summed E-state index contributed by atoms with van der Waals surface area (Å²) in [5.74, 6) is 0.500. The van der Waals surface area contributed by atoms with Crippen LogP contribution in [0.5, 0.6) is 0 Å². The van der Waals surface area contributed by atoms with E-state index in [1.807, 2.05) is 11.9 Å². The smallest absolute Gasteiger partial charge is 0.274 e. The maximum atomic E-state index is 12.8. The highest BCUT2D eigenvalue weighted by atomic mass is 16.2. The molecule has 0 unspecified atom stereocenters. The number of rotatable bonds is 1. The minimum Gasteiger partial charge on any atom is -0.345 e. The van der Waals surface area contributed by atoms with Gasteiger partial charge in [0.1, 0.15) is 0 Å². The topological polar surface area (TPSA) is 69.3 Å². The van der Waals surface area contributed by atoms with Gasteiger partial charge in [-0.05, 0) is 38.0 Å². The Bertz CT molecular complexity index is 624. The molecule has 2 amide bonds. The Kier molecular flexibility index (Phi) is 3.20. The summed E-state index contributed by atoms with van der Waals surface area (Å²) in [6.07, 6.45) is 5.22. The van der Waals surface area contributed by atoms with Gasteiger partial charge in [-0.2, -0.15) is 5.10 Å². The minimum absolute atomic E-state index is 0.00394. The molecule has 6 heteroatoms. The van der Waals surface area contributed by atoms with Crippen molar-refractivity contribution in [3.8, 4) is 0 Å². The van der Waals surface area contributed by atoms with E-state index in [0.717, 1.165) is 49.9 Å². The molecule has 0 radical (unpaired) electrons. The third kappa shape index (κ3) is 2.04. The zero-order valence-corrected chi connectivity index (χ0v) is 13.0. The van der Waals surface area contributed by atoms with E-state index in [1.54, 1.807) is 4.90 Å². The van der Waals surface area contributed by atoms with Crippen molar-refractivity contribution in [1.82, 2.24) is 20.0 Å². The molecular formula is C16H22N4O2. The molecule has 2 saturated heterocycles. The lowest BCUT2D eigenvalue weighted by Gasteiger charge is -2.30. The van der Waals surface area contributed by atoms with E-state index in [-0.39, 0.29) is 17.7 Å². The summed E-state index contributed by atoms with van der Waals surface area (Å²) in [4.78, 5) is 28.7. The average molecular weight is 302 g/mol. The predicted octanol–water partition coefficient (Wildman–Crippen LogP) is 0.839. The number of hydrogen-bond acceptors (Lipinski definition) is 3. The molecule has 2 aliphatic heterocycles. The molecule has 0 spiro atoms. The van der Waals surface area contributed by atoms with Crippen LogP contribution in [-0.2, 0) is 17.6 Å². The number of nitrogens with zero attached hydrogens (tertiary/aromatic N) is 3. The first-order valence-electron chi connectivity index (χ1n) is 8.25. The Morgan fingerprint density at radius 1 is 1.27 bits per heavy atom. The number of H-pyrrole nitrogens is 1. The van der Waals surface area contributed by atoms with Gasteiger partial charge >= 0.3 is 0 Å². The van der Waals surface area contributed by atoms with Crippen LogP contribution in [-0.4, -0.2) is 58.5 Å². The molecular weight excluding hydrogens is 280 g/mol. The Labute approximate surface area is 129 Å². The number of fused-ring (bicyclic) bond motifs is 2. The van der Waals surface area contributed by atoms with Crippen molar-refractivity contribution in [1.29, 1.82) is 0 Å². The second kappa shape index (κ2) is 5.11. The maximum absolute atomic E-state index is 12.8. The van der Waals surface area contributed by atoms with Gasteiger partial charge in [0.2, 0.25) is 5.91 Å². The van der Waals surface area contributed by atoms with E-state index in [9.17, 15) is 9.59 Å². The van der Waals surface area contributed by atoms with Crippen molar-refractivity contribution in [3.63, 3.8) is 0 Å². The number of amides is 2. The molecule has 2 atom stereocenters. The molecule has 1 aromatic heterocycles. The number of hydrogen-bond donors (Lipinski definition) is 1. The van der Waals surface area contributed by atoms with Gasteiger partial charge in [-0.1, -0.05) is 0 Å². The first kappa shape index (κ1) is 13.8. The van der Waals surface area contributed by atoms with E-state index >= 15 is 0 Å². The summed E-state index contributed by atoms with van der Waals surface area (Å²) in [7, 11) is 1.85. The second-order valence-electron chi connectivity index (χ2n) is 6.86. The molecule has 3 aliphatic rings. The number of likely N-dealkylation sites (tertiary alicyclic amines) is 2. The summed E-state index contributed by atoms with van der Waals surface area (Å²) < 4.78 is 0. The Morgan fingerprint density at radius 3 is 2.95 bits per heavy atom. The van der Waals surface area contributed by atoms with Crippen molar-refractivity contribution in [2.45, 2.75) is 32.1 Å². The summed E-state index contributed by atoms with van der Waals surface area (Å²) in [6, 6.07) is 0. The third-order valence-corrected chi connectivity index (χ3v) is 5.52. The normalized spacial score (nSPS) is 27.8. The highest BCUT2D eigenvalue weighted by Crippen LogP contribution is 2.33. The van der Waals surface area contributed by atoms with Gasteiger partial charge in [0.05, 0.1) is 5.92 Å². The van der Waals surface area contributed by atoms with Crippen LogP contribution in [0.15, 0.2) is 0 Å². The van der Waals surface area contributed by atoms with Crippen molar-refractivity contribution >= 4 is 11.8 Å². The van der Waals surface area contributed by atoms with Crippen molar-refractivity contribution in [2.24, 2.45) is 11.8 Å². The molecule has 1 aliphatic carbocycles. The van der Waals surface area contributed by atoms with Crippen LogP contribution < -0.4 is 0 Å². The van der Waals surface area contributed by atoms with Crippen LogP contribution in [0.3, 0.4) is 0 Å². The lowest BCUT2D eigenvalue weighted by Crippen LogP contribution is -2.42. The largest absolute Gasteiger partial charge is 0.345 e. The molecule has 0 saturated carbocycles. The molecule has 6 nitrogen and oxygen atoms in total. The first-order valence-corrected chi connectivity index (χ1v) is 8.25. The average Bonchev–Trinajstić information content (AvgIpc) is 3.15. The number of carbonyl (C=O) groups is 2. The third-order valence-electron chi connectivity index (χ3n) is 5.52. The van der Waals surface area contributed by atoms with Crippen LogP contribution in [0.1, 0.15) is 41.0 Å². The summed E-state index contributed by atoms with van der Waals surface area (Å²) in [6.45, 7) is 2.05. The molecule has 118 valence electrons. The molecule has 22 heavy (non-hydrogen) atoms. The van der Waals surface area contributed by atoms with Crippen molar-refractivity contribution in [2.75, 3.05) is 26.7 Å². The Balaban J connectivity index is 1.55. The fourth-order valence-corrected chi connectivity index (χ4v) is 4.17. The van der Waals surface area contributed by atoms with Crippen LogP contribution in [0.4, 0.5) is 0 Å². The highest BCUT2D eigenvalue weighted by molar-refractivity contribution is 5.95. The monoisotopic (exact) mass is 302 g/mol. The first-order chi connectivity index (χ1) is 10.6. The SMILES string of the molecule is CN1CC[C@@H]2CN(C(=O)c3n[nH]c4c3CCCC4)C[C@@H]2C1=O. The highest BCUT2D eigenvalue weighted by Gasteiger charge is 2.44. The number of nitrogens with one attached hydrogen (secondary N) is 1. The van der Waals surface area contributed by atoms with Gasteiger partial charge in [-0.3, -0.25) is 14.7 Å². The molecule has 4 rings (SSSR count). The Hall–Kier alpha value is -1.85. The molecule has 2 fully saturated rings. The summed E-state index contributed by atoms with van der Waals surface area (Å²) in [5.41, 5.74) is 2.82. The van der Waals surface area contributed by atoms with Gasteiger partial charge in [-0.15, -0.1) is 0 Å². The van der Waals surface area contributed by atoms with Gasteiger partial charge in [0, 0.05) is 37.9 Å². The standard InChI is InChI=1S/C16H22N4O2/c1-19-7-6-10-8-20(9-12(10)15(19)21)16(22)14-11-4-2-3-5-13(11)17-18-14/h10,12H,2-9H2,1H3,(H,17,18)/t10-,12+/m1/s1. The number of piperidine rings is 1. The Morgan fingerprint density at radius 2 is 2.09 bits per heavy atom. The fraction of sp³-hybridized carbons (Fsp3) is 0.688. The van der Waals surface area contributed by atoms with Crippen molar-refractivity contribution < 1.29 is 9.59 Å². The minimum atomic E-state index is -0.0162. The van der Waals surface area contributed by atoms with E-state index in [0.29, 0.717) is 24.7 Å². The van der Waals surface area contributed by atoms with Gasteiger partial charge in [0.15, 0.2) is 5.69 Å². The maximum Gasteiger partial charge on any atom is 0.274 e. The lowest BCUT2D eigenvalue weighted by atomic mass is 9.88. The number of aromatic amines is 1. The summed E-state index contributed by atoms with van der Waals surface area (Å²) in [5, 5.41) is 7.32. The predicted molar refractivity (Wildman–Crippen MR) is 80.4 cm³/mol. The quantitative estimate of drug-likeness (QED) is 0.836. The van der Waals surface area contributed by atoms with Crippen molar-refractivity contribution in [3.05, 3.63) is 17.0 Å². The van der Waals surface area contributed by atoms with Gasteiger partial charge in [-0.25, -0.2) is 0 Å². The lowest BCUT2D eigenvalue weighted by molar-refractivity contribution is -0.137. The zero-order valence-electron chi connectivity index (χ0n) is 13.0. The number of carbonyl (C=O) groups excluding carboxylic acids is 2. The number of aryl methyl sites for hydroxylation is 1. The van der Waals surface area contributed by atoms with Gasteiger partial charge in [0.25, 0.3) is 5.91 Å². The summed E-state index contributed by atoms with van der Waals surface area (Å²) >= 11 is 0. The molecule has 1 aromatic rings. The van der Waals surface area contributed by atoms with E-state index in [4.69, 9.17) is 0 Å². The molecule has 0 bridgehead atoms. The van der Waals surface area contributed by atoms with Crippen LogP contribution in [0.25, 0.3) is 0 Å². The molecule has 0 aromatic carbocycles. The fourth-order valence-electron chi connectivity index (χ4n) is 4.17. The zero-order chi connectivity index (χ0) is 15.3. The molecule has 3 heterocycles. The van der Waals surface area contributed by atoms with E-state index < -0.39 is 0 Å². The van der Waals surface area contributed by atoms with Crippen LogP contribution in [0.2, 0.25) is 0 Å². The van der Waals surface area contributed by atoms with Crippen LogP contribution in [0, 0.1) is 11.8 Å². The van der Waals surface area contributed by atoms with Gasteiger partial charge < -0.3 is 9.80 Å².